The molecule has 2 atom stereocenters. The van der Waals surface area contributed by atoms with Gasteiger partial charge >= 0.3 is 0 Å². The molecule has 3 heteroatoms. The Bertz CT molecular complexity index is 250. The molecule has 0 bridgehead atoms. The first-order chi connectivity index (χ1) is 7.06. The number of nitrogens with zero attached hydrogens (tertiary/aromatic N) is 1. The van der Waals surface area contributed by atoms with E-state index in [1.807, 2.05) is 18.7 Å². The van der Waals surface area contributed by atoms with Gasteiger partial charge < -0.3 is 10.2 Å². The zero-order valence-corrected chi connectivity index (χ0v) is 10.0. The second-order valence-corrected chi connectivity index (χ2v) is 4.55. The Labute approximate surface area is 92.5 Å². The average Bonchev–Trinajstić information content (AvgIpc) is 2.59. The van der Waals surface area contributed by atoms with Crippen LogP contribution in [0.2, 0.25) is 0 Å². The Morgan fingerprint density at radius 2 is 2.20 bits per heavy atom. The zero-order valence-electron chi connectivity index (χ0n) is 10.0. The molecule has 0 unspecified atom stereocenters. The van der Waals surface area contributed by atoms with Gasteiger partial charge in [0.2, 0.25) is 5.91 Å². The van der Waals surface area contributed by atoms with Crippen molar-refractivity contribution in [2.75, 3.05) is 26.2 Å². The number of carbonyl (C=O) groups is 1. The molecule has 1 rings (SSSR count). The zero-order chi connectivity index (χ0) is 11.4. The van der Waals surface area contributed by atoms with Crippen LogP contribution < -0.4 is 5.32 Å². The summed E-state index contributed by atoms with van der Waals surface area (Å²) >= 11 is 0. The summed E-state index contributed by atoms with van der Waals surface area (Å²) in [6.45, 7) is 13.2. The topological polar surface area (TPSA) is 32.3 Å². The van der Waals surface area contributed by atoms with Gasteiger partial charge in [0.1, 0.15) is 0 Å². The van der Waals surface area contributed by atoms with E-state index in [0.29, 0.717) is 12.5 Å². The van der Waals surface area contributed by atoms with E-state index >= 15 is 0 Å². The van der Waals surface area contributed by atoms with E-state index in [1.54, 1.807) is 0 Å². The van der Waals surface area contributed by atoms with Crippen LogP contribution >= 0.6 is 0 Å². The highest BCUT2D eigenvalue weighted by molar-refractivity contribution is 5.80. The molecule has 0 aliphatic carbocycles. The van der Waals surface area contributed by atoms with Crippen LogP contribution in [-0.4, -0.2) is 37.0 Å². The molecule has 1 N–H and O–H groups in total. The summed E-state index contributed by atoms with van der Waals surface area (Å²) in [5.41, 5.74) is 1.05. The van der Waals surface area contributed by atoms with E-state index in [0.717, 1.165) is 25.2 Å². The highest BCUT2D eigenvalue weighted by Crippen LogP contribution is 2.18. The first kappa shape index (κ1) is 12.2. The minimum absolute atomic E-state index is 0.157. The number of hydrogen-bond acceptors (Lipinski definition) is 2. The highest BCUT2D eigenvalue weighted by atomic mass is 16.2. The maximum Gasteiger partial charge on any atom is 0.227 e. The normalized spacial score (nSPS) is 25.3. The van der Waals surface area contributed by atoms with Crippen molar-refractivity contribution in [3.63, 3.8) is 0 Å². The molecular weight excluding hydrogens is 188 g/mol. The molecule has 0 aromatic rings. The molecule has 0 aromatic heterocycles. The quantitative estimate of drug-likeness (QED) is 0.709. The third-order valence-corrected chi connectivity index (χ3v) is 2.99. The van der Waals surface area contributed by atoms with Crippen molar-refractivity contribution in [3.05, 3.63) is 12.2 Å². The van der Waals surface area contributed by atoms with Gasteiger partial charge in [0.15, 0.2) is 0 Å². The summed E-state index contributed by atoms with van der Waals surface area (Å²) in [6.07, 6.45) is 0. The molecule has 1 amide bonds. The van der Waals surface area contributed by atoms with Crippen LogP contribution in [0.1, 0.15) is 20.8 Å². The maximum atomic E-state index is 12.2. The van der Waals surface area contributed by atoms with Gasteiger partial charge in [0, 0.05) is 19.6 Å². The van der Waals surface area contributed by atoms with Crippen molar-refractivity contribution >= 4 is 5.91 Å². The van der Waals surface area contributed by atoms with Gasteiger partial charge in [0.25, 0.3) is 0 Å². The van der Waals surface area contributed by atoms with Crippen molar-refractivity contribution < 1.29 is 4.79 Å². The second-order valence-electron chi connectivity index (χ2n) is 4.55. The predicted molar refractivity (Wildman–Crippen MR) is 62.6 cm³/mol. The van der Waals surface area contributed by atoms with Gasteiger partial charge in [-0.15, -0.1) is 0 Å². The number of carbonyl (C=O) groups excluding carboxylic acids is 1. The van der Waals surface area contributed by atoms with Crippen LogP contribution in [-0.2, 0) is 4.79 Å². The lowest BCUT2D eigenvalue weighted by Crippen LogP contribution is -2.39. The Morgan fingerprint density at radius 3 is 2.60 bits per heavy atom. The van der Waals surface area contributed by atoms with Gasteiger partial charge in [-0.2, -0.15) is 0 Å². The Hall–Kier alpha value is -0.830. The first-order valence-corrected chi connectivity index (χ1v) is 5.70. The van der Waals surface area contributed by atoms with Crippen molar-refractivity contribution in [2.24, 2.45) is 11.8 Å². The summed E-state index contributed by atoms with van der Waals surface area (Å²) < 4.78 is 0. The van der Waals surface area contributed by atoms with Crippen LogP contribution in [0, 0.1) is 11.8 Å². The standard InChI is InChI=1S/C12H22N2O/c1-5-14(8-9(2)3)12(15)11-7-13-6-10(11)4/h10-11,13H,2,5-8H2,1,3-4H3/t10-,11-/m1/s1. The molecule has 3 nitrogen and oxygen atoms in total. The second kappa shape index (κ2) is 5.31. The van der Waals surface area contributed by atoms with Crippen molar-refractivity contribution in [1.29, 1.82) is 0 Å². The molecular formula is C12H22N2O. The smallest absolute Gasteiger partial charge is 0.227 e. The minimum atomic E-state index is 0.157. The molecule has 0 spiro atoms. The van der Waals surface area contributed by atoms with E-state index < -0.39 is 0 Å². The lowest BCUT2D eigenvalue weighted by Gasteiger charge is -2.25. The highest BCUT2D eigenvalue weighted by Gasteiger charge is 2.32. The molecule has 0 radical (unpaired) electrons. The Morgan fingerprint density at radius 1 is 1.53 bits per heavy atom. The fourth-order valence-electron chi connectivity index (χ4n) is 2.05. The van der Waals surface area contributed by atoms with Gasteiger partial charge in [-0.1, -0.05) is 19.1 Å². The van der Waals surface area contributed by atoms with E-state index in [9.17, 15) is 4.79 Å². The molecule has 1 aliphatic heterocycles. The fraction of sp³-hybridized carbons (Fsp3) is 0.750. The first-order valence-electron chi connectivity index (χ1n) is 5.70. The van der Waals surface area contributed by atoms with Crippen LogP contribution in [0.3, 0.4) is 0 Å². The van der Waals surface area contributed by atoms with Gasteiger partial charge in [-0.3, -0.25) is 4.79 Å². The lowest BCUT2D eigenvalue weighted by molar-refractivity contribution is -0.135. The van der Waals surface area contributed by atoms with Crippen LogP contribution in [0.4, 0.5) is 0 Å². The Kier molecular flexibility index (Phi) is 4.33. The minimum Gasteiger partial charge on any atom is -0.339 e. The molecule has 1 saturated heterocycles. The number of nitrogens with one attached hydrogen (secondary N) is 1. The SMILES string of the molecule is C=C(C)CN(CC)C(=O)[C@@H]1CNC[C@H]1C. The molecule has 86 valence electrons. The molecule has 1 heterocycles. The van der Waals surface area contributed by atoms with E-state index in [2.05, 4.69) is 18.8 Å². The molecule has 0 aromatic carbocycles. The molecule has 15 heavy (non-hydrogen) atoms. The summed E-state index contributed by atoms with van der Waals surface area (Å²) in [6, 6.07) is 0. The summed E-state index contributed by atoms with van der Waals surface area (Å²) in [7, 11) is 0. The lowest BCUT2D eigenvalue weighted by atomic mass is 9.96. The Balaban J connectivity index is 2.59. The average molecular weight is 210 g/mol. The van der Waals surface area contributed by atoms with Gasteiger partial charge in [-0.05, 0) is 26.3 Å². The van der Waals surface area contributed by atoms with Crippen LogP contribution in [0.15, 0.2) is 12.2 Å². The number of likely N-dealkylation sites (N-methyl/N-ethyl adjacent to an activating group) is 1. The van der Waals surface area contributed by atoms with E-state index in [1.165, 1.54) is 0 Å². The predicted octanol–water partition coefficient (Wildman–Crippen LogP) is 1.27. The fourth-order valence-corrected chi connectivity index (χ4v) is 2.05. The van der Waals surface area contributed by atoms with Gasteiger partial charge in [-0.25, -0.2) is 0 Å². The van der Waals surface area contributed by atoms with E-state index in [-0.39, 0.29) is 11.8 Å². The largest absolute Gasteiger partial charge is 0.339 e. The third kappa shape index (κ3) is 3.06. The van der Waals surface area contributed by atoms with Crippen LogP contribution in [0.5, 0.6) is 0 Å². The molecule has 1 fully saturated rings. The van der Waals surface area contributed by atoms with Crippen molar-refractivity contribution in [3.8, 4) is 0 Å². The van der Waals surface area contributed by atoms with E-state index in [4.69, 9.17) is 0 Å². The summed E-state index contributed by atoms with van der Waals surface area (Å²) in [5, 5.41) is 3.27. The molecule has 1 aliphatic rings. The number of rotatable bonds is 4. The maximum absolute atomic E-state index is 12.2. The molecule has 0 saturated carbocycles. The monoisotopic (exact) mass is 210 g/mol. The van der Waals surface area contributed by atoms with Gasteiger partial charge in [0.05, 0.1) is 5.92 Å². The van der Waals surface area contributed by atoms with Crippen LogP contribution in [0.25, 0.3) is 0 Å². The third-order valence-electron chi connectivity index (χ3n) is 2.99. The summed E-state index contributed by atoms with van der Waals surface area (Å²) in [5.74, 6) is 0.888. The number of amides is 1. The van der Waals surface area contributed by atoms with Crippen molar-refractivity contribution in [1.82, 2.24) is 10.2 Å². The number of hydrogen-bond donors (Lipinski definition) is 1. The summed E-state index contributed by atoms with van der Waals surface area (Å²) in [4.78, 5) is 14.1. The van der Waals surface area contributed by atoms with Crippen molar-refractivity contribution in [2.45, 2.75) is 20.8 Å².